The minimum absolute atomic E-state index is 0.0906. The first-order valence-corrected chi connectivity index (χ1v) is 9.71. The second-order valence-corrected chi connectivity index (χ2v) is 7.52. The van der Waals surface area contributed by atoms with Crippen molar-refractivity contribution in [2.45, 2.75) is 32.7 Å². The molecule has 2 aromatic rings. The number of rotatable bonds is 6. The van der Waals surface area contributed by atoms with E-state index in [0.29, 0.717) is 18.0 Å². The van der Waals surface area contributed by atoms with Gasteiger partial charge in [-0.1, -0.05) is 35.9 Å². The molecule has 150 valence electrons. The Bertz CT molecular complexity index is 848. The van der Waals surface area contributed by atoms with Gasteiger partial charge in [-0.15, -0.1) is 0 Å². The molecule has 1 heterocycles. The van der Waals surface area contributed by atoms with Crippen LogP contribution in [0.5, 0.6) is 11.5 Å². The summed E-state index contributed by atoms with van der Waals surface area (Å²) in [5, 5.41) is 9.59. The Morgan fingerprint density at radius 3 is 2.61 bits per heavy atom. The van der Waals surface area contributed by atoms with Crippen LogP contribution in [0.25, 0.3) is 0 Å². The zero-order valence-electron chi connectivity index (χ0n) is 17.1. The monoisotopic (exact) mass is 383 g/mol. The summed E-state index contributed by atoms with van der Waals surface area (Å²) in [5.41, 5.74) is 4.54. The molecule has 3 rings (SSSR count). The highest BCUT2D eigenvalue weighted by Gasteiger charge is 2.33. The third-order valence-corrected chi connectivity index (χ3v) is 5.62. The minimum atomic E-state index is -0.720. The number of methoxy groups -OCH3 is 2. The molecule has 0 bridgehead atoms. The third-order valence-electron chi connectivity index (χ3n) is 5.62. The number of hydrogen-bond acceptors (Lipinski definition) is 4. The molecule has 0 spiro atoms. The van der Waals surface area contributed by atoms with Gasteiger partial charge in [0.25, 0.3) is 0 Å². The maximum Gasteiger partial charge on any atom is 0.307 e. The molecule has 1 aliphatic heterocycles. The number of carboxylic acids is 1. The predicted molar refractivity (Wildman–Crippen MR) is 109 cm³/mol. The molecular formula is C23H29NO4. The van der Waals surface area contributed by atoms with Gasteiger partial charge in [-0.2, -0.15) is 0 Å². The lowest BCUT2D eigenvalue weighted by Crippen LogP contribution is -2.41. The summed E-state index contributed by atoms with van der Waals surface area (Å²) < 4.78 is 11.3. The van der Waals surface area contributed by atoms with Gasteiger partial charge in [0.15, 0.2) is 11.5 Å². The van der Waals surface area contributed by atoms with E-state index in [0.717, 1.165) is 24.9 Å². The number of aryl methyl sites for hydroxylation is 2. The highest BCUT2D eigenvalue weighted by Crippen LogP contribution is 2.42. The van der Waals surface area contributed by atoms with E-state index in [1.165, 1.54) is 16.7 Å². The van der Waals surface area contributed by atoms with Crippen molar-refractivity contribution in [3.8, 4) is 11.5 Å². The minimum Gasteiger partial charge on any atom is -0.493 e. The molecule has 2 atom stereocenters. The van der Waals surface area contributed by atoms with Crippen molar-refractivity contribution in [1.29, 1.82) is 0 Å². The maximum atomic E-state index is 11.7. The van der Waals surface area contributed by atoms with E-state index >= 15 is 0 Å². The highest BCUT2D eigenvalue weighted by atomic mass is 16.5. The van der Waals surface area contributed by atoms with E-state index in [2.05, 4.69) is 43.0 Å². The van der Waals surface area contributed by atoms with Crippen LogP contribution in [0.3, 0.4) is 0 Å². The molecule has 1 N–H and O–H groups in total. The van der Waals surface area contributed by atoms with Gasteiger partial charge in [-0.25, -0.2) is 0 Å². The Kier molecular flexibility index (Phi) is 6.25. The van der Waals surface area contributed by atoms with Gasteiger partial charge < -0.3 is 14.6 Å². The molecule has 2 aromatic carbocycles. The van der Waals surface area contributed by atoms with Crippen molar-refractivity contribution < 1.29 is 19.4 Å². The number of likely N-dealkylation sites (tertiary alicyclic amines) is 1. The molecule has 0 amide bonds. The quantitative estimate of drug-likeness (QED) is 0.810. The molecule has 1 aliphatic rings. The van der Waals surface area contributed by atoms with Crippen LogP contribution in [-0.4, -0.2) is 43.3 Å². The molecule has 0 aliphatic carbocycles. The fourth-order valence-corrected chi connectivity index (χ4v) is 4.19. The second kappa shape index (κ2) is 8.65. The van der Waals surface area contributed by atoms with Crippen LogP contribution < -0.4 is 9.47 Å². The first-order valence-electron chi connectivity index (χ1n) is 9.71. The Morgan fingerprint density at radius 1 is 1.14 bits per heavy atom. The van der Waals surface area contributed by atoms with Crippen LogP contribution in [0, 0.1) is 19.8 Å². The van der Waals surface area contributed by atoms with Crippen molar-refractivity contribution in [3.05, 3.63) is 58.7 Å². The van der Waals surface area contributed by atoms with Crippen molar-refractivity contribution in [1.82, 2.24) is 4.90 Å². The second-order valence-electron chi connectivity index (χ2n) is 7.52. The first kappa shape index (κ1) is 20.2. The predicted octanol–water partition coefficient (Wildman–Crippen LogP) is 4.21. The van der Waals surface area contributed by atoms with Gasteiger partial charge >= 0.3 is 5.97 Å². The Labute approximate surface area is 166 Å². The Morgan fingerprint density at radius 2 is 1.93 bits per heavy atom. The number of carbonyl (C=O) groups is 1. The van der Waals surface area contributed by atoms with Crippen molar-refractivity contribution in [2.75, 3.05) is 27.3 Å². The molecule has 0 radical (unpaired) electrons. The standard InChI is InChI=1S/C23H29NO4/c1-15-10-11-16(2)19(13-15)21(24-12-6-7-17(14-24)23(25)26)18-8-5-9-20(27-3)22(18)28-4/h5,8-11,13,17,21H,6-7,12,14H2,1-4H3,(H,25,26). The fourth-order valence-electron chi connectivity index (χ4n) is 4.19. The third kappa shape index (κ3) is 3.99. The van der Waals surface area contributed by atoms with Gasteiger partial charge in [-0.3, -0.25) is 9.69 Å². The van der Waals surface area contributed by atoms with Crippen molar-refractivity contribution in [2.24, 2.45) is 5.92 Å². The van der Waals surface area contributed by atoms with Crippen LogP contribution in [0.4, 0.5) is 0 Å². The Balaban J connectivity index is 2.16. The SMILES string of the molecule is COc1cccc(C(c2cc(C)ccc2C)N2CCCC(C(=O)O)C2)c1OC. The summed E-state index contributed by atoms with van der Waals surface area (Å²) in [6.45, 7) is 5.56. The van der Waals surface area contributed by atoms with E-state index in [-0.39, 0.29) is 12.0 Å². The van der Waals surface area contributed by atoms with Crippen LogP contribution in [0.15, 0.2) is 36.4 Å². The van der Waals surface area contributed by atoms with Crippen molar-refractivity contribution >= 4 is 5.97 Å². The molecule has 0 aromatic heterocycles. The number of benzene rings is 2. The molecule has 5 nitrogen and oxygen atoms in total. The van der Waals surface area contributed by atoms with E-state index < -0.39 is 5.97 Å². The number of hydrogen-bond donors (Lipinski definition) is 1. The van der Waals surface area contributed by atoms with Crippen LogP contribution in [-0.2, 0) is 4.79 Å². The average Bonchev–Trinajstić information content (AvgIpc) is 2.70. The van der Waals surface area contributed by atoms with Gasteiger partial charge in [0.05, 0.1) is 26.2 Å². The zero-order valence-corrected chi connectivity index (χ0v) is 17.1. The lowest BCUT2D eigenvalue weighted by molar-refractivity contribution is -0.143. The van der Waals surface area contributed by atoms with Gasteiger partial charge in [0.2, 0.25) is 0 Å². The average molecular weight is 383 g/mol. The summed E-state index contributed by atoms with van der Waals surface area (Å²) in [6, 6.07) is 12.2. The highest BCUT2D eigenvalue weighted by molar-refractivity contribution is 5.70. The van der Waals surface area contributed by atoms with Crippen molar-refractivity contribution in [3.63, 3.8) is 0 Å². The lowest BCUT2D eigenvalue weighted by atomic mass is 9.88. The summed E-state index contributed by atoms with van der Waals surface area (Å²) in [5.74, 6) is 0.315. The van der Waals surface area contributed by atoms with Crippen LogP contribution in [0.2, 0.25) is 0 Å². The summed E-state index contributed by atoms with van der Waals surface area (Å²) in [4.78, 5) is 13.9. The number of carboxylic acid groups (broad SMARTS) is 1. The molecule has 1 saturated heterocycles. The number of ether oxygens (including phenoxy) is 2. The first-order chi connectivity index (χ1) is 13.5. The maximum absolute atomic E-state index is 11.7. The molecule has 5 heteroatoms. The van der Waals surface area contributed by atoms with E-state index in [1.54, 1.807) is 14.2 Å². The smallest absolute Gasteiger partial charge is 0.307 e. The Hall–Kier alpha value is -2.53. The lowest BCUT2D eigenvalue weighted by Gasteiger charge is -2.38. The van der Waals surface area contributed by atoms with E-state index in [1.807, 2.05) is 12.1 Å². The summed E-state index contributed by atoms with van der Waals surface area (Å²) >= 11 is 0. The topological polar surface area (TPSA) is 59.0 Å². The van der Waals surface area contributed by atoms with Gasteiger partial charge in [-0.05, 0) is 50.4 Å². The molecule has 0 saturated carbocycles. The largest absolute Gasteiger partial charge is 0.493 e. The van der Waals surface area contributed by atoms with Gasteiger partial charge in [0, 0.05) is 12.1 Å². The van der Waals surface area contributed by atoms with Crippen LogP contribution >= 0.6 is 0 Å². The number of piperidine rings is 1. The summed E-state index contributed by atoms with van der Waals surface area (Å²) in [6.07, 6.45) is 1.59. The number of aliphatic carboxylic acids is 1. The zero-order chi connectivity index (χ0) is 20.3. The molecular weight excluding hydrogens is 354 g/mol. The molecule has 28 heavy (non-hydrogen) atoms. The molecule has 1 fully saturated rings. The normalized spacial score (nSPS) is 18.5. The van der Waals surface area contributed by atoms with Crippen LogP contribution in [0.1, 0.15) is 41.1 Å². The van der Waals surface area contributed by atoms with E-state index in [9.17, 15) is 9.90 Å². The fraction of sp³-hybridized carbons (Fsp3) is 0.435. The summed E-state index contributed by atoms with van der Waals surface area (Å²) in [7, 11) is 3.29. The number of para-hydroxylation sites is 1. The molecule has 2 unspecified atom stereocenters. The van der Waals surface area contributed by atoms with E-state index in [4.69, 9.17) is 9.47 Å². The number of nitrogens with zero attached hydrogens (tertiary/aromatic N) is 1. The van der Waals surface area contributed by atoms with Gasteiger partial charge in [0.1, 0.15) is 0 Å².